The highest BCUT2D eigenvalue weighted by molar-refractivity contribution is 5.94. The van der Waals surface area contributed by atoms with Gasteiger partial charge in [0, 0.05) is 31.3 Å². The van der Waals surface area contributed by atoms with Gasteiger partial charge in [-0.05, 0) is 49.2 Å². The van der Waals surface area contributed by atoms with E-state index in [2.05, 4.69) is 20.9 Å². The minimum absolute atomic E-state index is 0.119. The molecule has 0 saturated carbocycles. The van der Waals surface area contributed by atoms with E-state index in [1.807, 2.05) is 31.2 Å². The van der Waals surface area contributed by atoms with Gasteiger partial charge in [0.1, 0.15) is 5.82 Å². The number of halogens is 1. The minimum atomic E-state index is -0.385. The summed E-state index contributed by atoms with van der Waals surface area (Å²) in [5.74, 6) is 0.0580. The summed E-state index contributed by atoms with van der Waals surface area (Å²) in [6.07, 6.45) is 0.702. The Morgan fingerprint density at radius 3 is 2.75 bits per heavy atom. The third-order valence-corrected chi connectivity index (χ3v) is 4.05. The van der Waals surface area contributed by atoms with E-state index < -0.39 is 0 Å². The zero-order valence-corrected chi connectivity index (χ0v) is 16.1. The van der Waals surface area contributed by atoms with Gasteiger partial charge >= 0.3 is 0 Å². The van der Waals surface area contributed by atoms with Gasteiger partial charge in [0.15, 0.2) is 5.96 Å². The molecular formula is C21H24FN5O. The van der Waals surface area contributed by atoms with Gasteiger partial charge in [-0.2, -0.15) is 5.26 Å². The Morgan fingerprint density at radius 2 is 2.04 bits per heavy atom. The summed E-state index contributed by atoms with van der Waals surface area (Å²) < 4.78 is 13.9. The van der Waals surface area contributed by atoms with Crippen molar-refractivity contribution in [2.45, 2.75) is 19.9 Å². The van der Waals surface area contributed by atoms with Crippen molar-refractivity contribution in [2.24, 2.45) is 4.99 Å². The Hall–Kier alpha value is -3.40. The zero-order valence-electron chi connectivity index (χ0n) is 16.1. The first-order valence-corrected chi connectivity index (χ1v) is 9.09. The molecule has 1 amide bonds. The highest BCUT2D eigenvalue weighted by Gasteiger charge is 2.06. The molecule has 2 aromatic carbocycles. The maximum Gasteiger partial charge on any atom is 0.251 e. The van der Waals surface area contributed by atoms with Crippen molar-refractivity contribution in [3.05, 3.63) is 70.5 Å². The lowest BCUT2D eigenvalue weighted by molar-refractivity contribution is 0.0963. The van der Waals surface area contributed by atoms with Crippen LogP contribution in [0, 0.1) is 17.1 Å². The van der Waals surface area contributed by atoms with E-state index in [4.69, 9.17) is 5.26 Å². The smallest absolute Gasteiger partial charge is 0.251 e. The van der Waals surface area contributed by atoms with Crippen molar-refractivity contribution in [1.29, 1.82) is 5.26 Å². The van der Waals surface area contributed by atoms with Gasteiger partial charge in [-0.1, -0.05) is 12.1 Å². The van der Waals surface area contributed by atoms with Crippen LogP contribution in [0.1, 0.15) is 34.0 Å². The fraction of sp³-hybridized carbons (Fsp3) is 0.286. The van der Waals surface area contributed by atoms with Gasteiger partial charge in [-0.25, -0.2) is 9.38 Å². The Labute approximate surface area is 164 Å². The molecule has 0 aliphatic carbocycles. The van der Waals surface area contributed by atoms with Crippen molar-refractivity contribution < 1.29 is 9.18 Å². The first-order valence-electron chi connectivity index (χ1n) is 9.09. The molecule has 7 heteroatoms. The summed E-state index contributed by atoms with van der Waals surface area (Å²) in [6, 6.07) is 13.7. The number of benzene rings is 2. The third kappa shape index (κ3) is 6.09. The van der Waals surface area contributed by atoms with Crippen molar-refractivity contribution in [1.82, 2.24) is 16.0 Å². The maximum atomic E-state index is 13.9. The second-order valence-corrected chi connectivity index (χ2v) is 6.07. The number of carbonyl (C=O) groups is 1. The van der Waals surface area contributed by atoms with Crippen LogP contribution in [0.5, 0.6) is 0 Å². The summed E-state index contributed by atoms with van der Waals surface area (Å²) in [7, 11) is 1.60. The third-order valence-electron chi connectivity index (χ3n) is 4.05. The van der Waals surface area contributed by atoms with Crippen molar-refractivity contribution in [3.63, 3.8) is 0 Å². The quantitative estimate of drug-likeness (QED) is 0.507. The van der Waals surface area contributed by atoms with Crippen LogP contribution in [-0.2, 0) is 13.0 Å². The molecule has 0 bridgehead atoms. The zero-order chi connectivity index (χ0) is 20.4. The molecule has 0 saturated heterocycles. The Balaban J connectivity index is 1.99. The fourth-order valence-corrected chi connectivity index (χ4v) is 2.61. The molecule has 0 aromatic heterocycles. The molecule has 0 heterocycles. The van der Waals surface area contributed by atoms with Crippen LogP contribution in [0.4, 0.5) is 4.39 Å². The summed E-state index contributed by atoms with van der Waals surface area (Å²) >= 11 is 0. The van der Waals surface area contributed by atoms with Gasteiger partial charge in [-0.3, -0.25) is 4.79 Å². The standard InChI is InChI=1S/C21H24FN5O/c1-3-25-21(27-14-18-12-16(13-23)7-8-19(18)22)26-10-9-15-5-4-6-17(11-15)20(28)24-2/h4-8,11-12H,3,9-10,14H2,1-2H3,(H,24,28)(H2,25,26,27). The van der Waals surface area contributed by atoms with E-state index in [1.165, 1.54) is 18.2 Å². The minimum Gasteiger partial charge on any atom is -0.357 e. The first-order chi connectivity index (χ1) is 13.6. The van der Waals surface area contributed by atoms with Gasteiger partial charge < -0.3 is 16.0 Å². The van der Waals surface area contributed by atoms with Crippen LogP contribution < -0.4 is 16.0 Å². The molecule has 0 spiro atoms. The first kappa shape index (κ1) is 20.9. The lowest BCUT2D eigenvalue weighted by Gasteiger charge is -2.12. The lowest BCUT2D eigenvalue weighted by Crippen LogP contribution is -2.38. The van der Waals surface area contributed by atoms with E-state index in [9.17, 15) is 9.18 Å². The molecule has 0 aliphatic rings. The number of amides is 1. The summed E-state index contributed by atoms with van der Waals surface area (Å²) in [5, 5.41) is 17.9. The number of hydrogen-bond acceptors (Lipinski definition) is 3. The van der Waals surface area contributed by atoms with Crippen LogP contribution in [-0.4, -0.2) is 32.0 Å². The predicted molar refractivity (Wildman–Crippen MR) is 107 cm³/mol. The maximum absolute atomic E-state index is 13.9. The summed E-state index contributed by atoms with van der Waals surface area (Å²) in [5.41, 5.74) is 2.42. The predicted octanol–water partition coefficient (Wildman–Crippen LogP) is 2.35. The normalized spacial score (nSPS) is 10.9. The number of aliphatic imine (C=N–C) groups is 1. The number of nitriles is 1. The number of carbonyl (C=O) groups excluding carboxylic acids is 1. The topological polar surface area (TPSA) is 89.3 Å². The van der Waals surface area contributed by atoms with Crippen LogP contribution >= 0.6 is 0 Å². The number of nitrogens with zero attached hydrogens (tertiary/aromatic N) is 2. The number of hydrogen-bond donors (Lipinski definition) is 3. The molecule has 0 aliphatic heterocycles. The largest absolute Gasteiger partial charge is 0.357 e. The van der Waals surface area contributed by atoms with E-state index in [-0.39, 0.29) is 18.3 Å². The molecule has 0 unspecified atom stereocenters. The average Bonchev–Trinajstić information content (AvgIpc) is 2.72. The molecule has 3 N–H and O–H groups in total. The highest BCUT2D eigenvalue weighted by atomic mass is 19.1. The van der Waals surface area contributed by atoms with E-state index in [1.54, 1.807) is 13.1 Å². The van der Waals surface area contributed by atoms with Gasteiger partial charge in [0.25, 0.3) is 5.91 Å². The van der Waals surface area contributed by atoms with Gasteiger partial charge in [0.05, 0.1) is 18.2 Å². The molecule has 0 radical (unpaired) electrons. The molecule has 28 heavy (non-hydrogen) atoms. The molecule has 0 fully saturated rings. The molecule has 0 atom stereocenters. The Kier molecular flexibility index (Phi) is 7.97. The summed E-state index contributed by atoms with van der Waals surface area (Å²) in [6.45, 7) is 3.34. The SMILES string of the molecule is CCNC(=NCc1cc(C#N)ccc1F)NCCc1cccc(C(=O)NC)c1. The monoisotopic (exact) mass is 381 g/mol. The van der Waals surface area contributed by atoms with E-state index >= 15 is 0 Å². The molecule has 2 aromatic rings. The van der Waals surface area contributed by atoms with Gasteiger partial charge in [0.2, 0.25) is 0 Å². The van der Waals surface area contributed by atoms with Crippen molar-refractivity contribution in [2.75, 3.05) is 20.1 Å². The molecule has 146 valence electrons. The van der Waals surface area contributed by atoms with Crippen LogP contribution in [0.2, 0.25) is 0 Å². The number of nitrogens with one attached hydrogen (secondary N) is 3. The van der Waals surface area contributed by atoms with Crippen LogP contribution in [0.25, 0.3) is 0 Å². The van der Waals surface area contributed by atoms with Crippen LogP contribution in [0.15, 0.2) is 47.5 Å². The molecule has 2 rings (SSSR count). The second-order valence-electron chi connectivity index (χ2n) is 6.07. The Morgan fingerprint density at radius 1 is 1.21 bits per heavy atom. The number of guanidine groups is 1. The highest BCUT2D eigenvalue weighted by Crippen LogP contribution is 2.11. The van der Waals surface area contributed by atoms with Crippen LogP contribution in [0.3, 0.4) is 0 Å². The van der Waals surface area contributed by atoms with E-state index in [0.29, 0.717) is 42.2 Å². The van der Waals surface area contributed by atoms with E-state index in [0.717, 1.165) is 5.56 Å². The average molecular weight is 381 g/mol. The van der Waals surface area contributed by atoms with Crippen molar-refractivity contribution >= 4 is 11.9 Å². The van der Waals surface area contributed by atoms with Crippen molar-refractivity contribution in [3.8, 4) is 6.07 Å². The number of rotatable bonds is 7. The molecule has 6 nitrogen and oxygen atoms in total. The Bertz CT molecular complexity index is 889. The summed E-state index contributed by atoms with van der Waals surface area (Å²) in [4.78, 5) is 16.1. The second kappa shape index (κ2) is 10.7. The fourth-order valence-electron chi connectivity index (χ4n) is 2.61. The molecular weight excluding hydrogens is 357 g/mol. The van der Waals surface area contributed by atoms with Gasteiger partial charge in [-0.15, -0.1) is 0 Å². The lowest BCUT2D eigenvalue weighted by atomic mass is 10.1.